The zero-order valence-electron chi connectivity index (χ0n) is 14.6. The van der Waals surface area contributed by atoms with Gasteiger partial charge in [0.15, 0.2) is 11.5 Å². The number of pyridine rings is 1. The van der Waals surface area contributed by atoms with Gasteiger partial charge < -0.3 is 19.2 Å². The van der Waals surface area contributed by atoms with E-state index in [4.69, 9.17) is 9.47 Å². The fourth-order valence-electron chi connectivity index (χ4n) is 2.71. The molecular formula is C19H21N3O3. The highest BCUT2D eigenvalue weighted by molar-refractivity contribution is 5.94. The summed E-state index contributed by atoms with van der Waals surface area (Å²) in [7, 11) is 3.22. The van der Waals surface area contributed by atoms with E-state index in [1.807, 2.05) is 41.8 Å². The van der Waals surface area contributed by atoms with E-state index in [0.717, 1.165) is 16.9 Å². The number of aryl methyl sites for hydroxylation is 1. The van der Waals surface area contributed by atoms with Crippen LogP contribution in [0, 0.1) is 6.92 Å². The topological polar surface area (TPSA) is 64.9 Å². The number of nitrogens with zero attached hydrogens (tertiary/aromatic N) is 2. The molecule has 0 saturated heterocycles. The van der Waals surface area contributed by atoms with Crippen LogP contribution in [0.4, 0.5) is 0 Å². The molecule has 0 saturated carbocycles. The van der Waals surface area contributed by atoms with E-state index in [1.54, 1.807) is 26.5 Å². The Morgan fingerprint density at radius 1 is 1.12 bits per heavy atom. The predicted octanol–water partition coefficient (Wildman–Crippen LogP) is 2.63. The number of fused-ring (bicyclic) bond motifs is 1. The molecule has 0 unspecified atom stereocenters. The van der Waals surface area contributed by atoms with E-state index < -0.39 is 0 Å². The van der Waals surface area contributed by atoms with Gasteiger partial charge in [0.1, 0.15) is 5.65 Å². The summed E-state index contributed by atoms with van der Waals surface area (Å²) >= 11 is 0. The third kappa shape index (κ3) is 3.74. The van der Waals surface area contributed by atoms with Crippen molar-refractivity contribution in [2.75, 3.05) is 20.8 Å². The first-order chi connectivity index (χ1) is 12.1. The third-order valence-corrected chi connectivity index (χ3v) is 3.98. The van der Waals surface area contributed by atoms with Crippen LogP contribution in [0.3, 0.4) is 0 Å². The quantitative estimate of drug-likeness (QED) is 0.750. The molecule has 1 amide bonds. The second-order valence-electron chi connectivity index (χ2n) is 5.76. The molecule has 0 bridgehead atoms. The van der Waals surface area contributed by atoms with Gasteiger partial charge in [-0.2, -0.15) is 0 Å². The maximum absolute atomic E-state index is 12.3. The van der Waals surface area contributed by atoms with Gasteiger partial charge in [0.05, 0.1) is 25.5 Å². The van der Waals surface area contributed by atoms with E-state index in [1.165, 1.54) is 0 Å². The van der Waals surface area contributed by atoms with Crippen LogP contribution >= 0.6 is 0 Å². The number of hydrogen-bond donors (Lipinski definition) is 1. The first-order valence-electron chi connectivity index (χ1n) is 8.05. The van der Waals surface area contributed by atoms with E-state index in [9.17, 15) is 4.79 Å². The first kappa shape index (κ1) is 16.8. The van der Waals surface area contributed by atoms with Crippen molar-refractivity contribution in [2.24, 2.45) is 0 Å². The lowest BCUT2D eigenvalue weighted by Gasteiger charge is -2.10. The largest absolute Gasteiger partial charge is 0.493 e. The van der Waals surface area contributed by atoms with Crippen molar-refractivity contribution in [3.8, 4) is 11.5 Å². The molecule has 0 aliphatic heterocycles. The summed E-state index contributed by atoms with van der Waals surface area (Å²) in [5, 5.41) is 2.94. The molecule has 0 fully saturated rings. The van der Waals surface area contributed by atoms with Gasteiger partial charge >= 0.3 is 0 Å². The molecule has 1 aromatic carbocycles. The fraction of sp³-hybridized carbons (Fsp3) is 0.263. The Hall–Kier alpha value is -3.02. The minimum absolute atomic E-state index is 0.103. The van der Waals surface area contributed by atoms with E-state index in [-0.39, 0.29) is 5.91 Å². The Labute approximate surface area is 146 Å². The molecule has 0 spiro atoms. The molecule has 25 heavy (non-hydrogen) atoms. The van der Waals surface area contributed by atoms with Gasteiger partial charge in [-0.1, -0.05) is 6.07 Å². The van der Waals surface area contributed by atoms with Crippen molar-refractivity contribution in [3.63, 3.8) is 0 Å². The summed E-state index contributed by atoms with van der Waals surface area (Å²) in [6.07, 6.45) is 4.40. The number of methoxy groups -OCH3 is 2. The number of aromatic nitrogens is 2. The van der Waals surface area contributed by atoms with Crippen molar-refractivity contribution < 1.29 is 14.3 Å². The maximum atomic E-state index is 12.3. The Kier molecular flexibility index (Phi) is 4.88. The van der Waals surface area contributed by atoms with E-state index in [2.05, 4.69) is 10.3 Å². The molecule has 3 aromatic rings. The molecule has 3 rings (SSSR count). The number of carbonyl (C=O) groups is 1. The third-order valence-electron chi connectivity index (χ3n) is 3.98. The van der Waals surface area contributed by atoms with Crippen LogP contribution in [0.5, 0.6) is 11.5 Å². The molecule has 0 aliphatic carbocycles. The van der Waals surface area contributed by atoms with Gasteiger partial charge in [-0.05, 0) is 43.2 Å². The fourth-order valence-corrected chi connectivity index (χ4v) is 2.71. The van der Waals surface area contributed by atoms with Gasteiger partial charge in [0.25, 0.3) is 5.91 Å². The first-order valence-corrected chi connectivity index (χ1v) is 8.05. The Morgan fingerprint density at radius 3 is 2.68 bits per heavy atom. The van der Waals surface area contributed by atoms with Crippen LogP contribution in [0.2, 0.25) is 0 Å². The second-order valence-corrected chi connectivity index (χ2v) is 5.76. The second kappa shape index (κ2) is 7.25. The van der Waals surface area contributed by atoms with Gasteiger partial charge in [-0.25, -0.2) is 4.98 Å². The van der Waals surface area contributed by atoms with Crippen LogP contribution in [-0.4, -0.2) is 36.1 Å². The summed E-state index contributed by atoms with van der Waals surface area (Å²) in [6, 6.07) is 9.38. The minimum Gasteiger partial charge on any atom is -0.493 e. The van der Waals surface area contributed by atoms with Crippen LogP contribution in [0.15, 0.2) is 42.7 Å². The molecular weight excluding hydrogens is 318 g/mol. The van der Waals surface area contributed by atoms with Crippen LogP contribution in [0.1, 0.15) is 21.6 Å². The van der Waals surface area contributed by atoms with Crippen molar-refractivity contribution in [3.05, 3.63) is 59.5 Å². The molecule has 6 heteroatoms. The summed E-state index contributed by atoms with van der Waals surface area (Å²) in [6.45, 7) is 2.46. The monoisotopic (exact) mass is 339 g/mol. The Balaban J connectivity index is 1.61. The number of imidazole rings is 1. The van der Waals surface area contributed by atoms with Crippen LogP contribution in [0.25, 0.3) is 5.65 Å². The molecule has 1 N–H and O–H groups in total. The lowest BCUT2D eigenvalue weighted by Crippen LogP contribution is -2.25. The number of carbonyl (C=O) groups excluding carboxylic acids is 1. The highest BCUT2D eigenvalue weighted by Crippen LogP contribution is 2.27. The summed E-state index contributed by atoms with van der Waals surface area (Å²) in [5.41, 5.74) is 3.43. The molecule has 0 radical (unpaired) electrons. The highest BCUT2D eigenvalue weighted by atomic mass is 16.5. The maximum Gasteiger partial charge on any atom is 0.252 e. The molecule has 6 nitrogen and oxygen atoms in total. The number of hydrogen-bond acceptors (Lipinski definition) is 4. The summed E-state index contributed by atoms with van der Waals surface area (Å²) in [5.74, 6) is 1.28. The summed E-state index contributed by atoms with van der Waals surface area (Å²) in [4.78, 5) is 16.7. The number of amides is 1. The highest BCUT2D eigenvalue weighted by Gasteiger charge is 2.08. The number of rotatable bonds is 6. The zero-order chi connectivity index (χ0) is 17.8. The van der Waals surface area contributed by atoms with E-state index in [0.29, 0.717) is 30.0 Å². The van der Waals surface area contributed by atoms with Gasteiger partial charge in [0.2, 0.25) is 0 Å². The molecule has 0 atom stereocenters. The minimum atomic E-state index is -0.103. The SMILES string of the molecule is COc1ccc(CCNC(=O)c2ccc3nc(C)cn3c2)cc1OC. The molecule has 2 heterocycles. The van der Waals surface area contributed by atoms with Gasteiger partial charge in [-0.3, -0.25) is 4.79 Å². The lowest BCUT2D eigenvalue weighted by molar-refractivity contribution is 0.0953. The van der Waals surface area contributed by atoms with Crippen molar-refractivity contribution in [1.29, 1.82) is 0 Å². The van der Waals surface area contributed by atoms with Crippen molar-refractivity contribution in [2.45, 2.75) is 13.3 Å². The zero-order valence-corrected chi connectivity index (χ0v) is 14.6. The number of ether oxygens (including phenoxy) is 2. The lowest BCUT2D eigenvalue weighted by atomic mass is 10.1. The average molecular weight is 339 g/mol. The van der Waals surface area contributed by atoms with Crippen LogP contribution < -0.4 is 14.8 Å². The Bertz CT molecular complexity index is 902. The molecule has 2 aromatic heterocycles. The van der Waals surface area contributed by atoms with Crippen molar-refractivity contribution >= 4 is 11.6 Å². The average Bonchev–Trinajstić information content (AvgIpc) is 3.00. The normalized spacial score (nSPS) is 10.7. The van der Waals surface area contributed by atoms with Crippen LogP contribution in [-0.2, 0) is 6.42 Å². The van der Waals surface area contributed by atoms with Gasteiger partial charge in [-0.15, -0.1) is 0 Å². The standard InChI is InChI=1S/C19H21N3O3/c1-13-11-22-12-15(5-7-18(22)21-13)19(23)20-9-8-14-4-6-16(24-2)17(10-14)25-3/h4-7,10-12H,8-9H2,1-3H3,(H,20,23). The number of nitrogens with one attached hydrogen (secondary N) is 1. The number of benzene rings is 1. The predicted molar refractivity (Wildman–Crippen MR) is 95.5 cm³/mol. The summed E-state index contributed by atoms with van der Waals surface area (Å²) < 4.78 is 12.4. The van der Waals surface area contributed by atoms with Crippen molar-refractivity contribution in [1.82, 2.24) is 14.7 Å². The van der Waals surface area contributed by atoms with E-state index >= 15 is 0 Å². The molecule has 130 valence electrons. The molecule has 0 aliphatic rings. The Morgan fingerprint density at radius 2 is 1.92 bits per heavy atom. The smallest absolute Gasteiger partial charge is 0.252 e. The van der Waals surface area contributed by atoms with Gasteiger partial charge in [0, 0.05) is 18.9 Å².